The van der Waals surface area contributed by atoms with Crippen molar-refractivity contribution in [2.45, 2.75) is 62.3 Å². The van der Waals surface area contributed by atoms with Gasteiger partial charge in [0.2, 0.25) is 12.6 Å². The monoisotopic (exact) mass is 511 g/mol. The Balaban J connectivity index is 1.67. The van der Waals surface area contributed by atoms with Crippen molar-refractivity contribution >= 4 is 23.1 Å². The Bertz CT molecular complexity index is 1580. The van der Waals surface area contributed by atoms with Crippen molar-refractivity contribution in [3.8, 4) is 22.8 Å². The van der Waals surface area contributed by atoms with E-state index in [2.05, 4.69) is 123 Å². The highest BCUT2D eigenvalue weighted by atomic mass is 16.4. The van der Waals surface area contributed by atoms with Crippen LogP contribution in [0.4, 0.5) is 0 Å². The largest absolute Gasteiger partial charge is 0.436 e. The lowest BCUT2D eigenvalue weighted by Crippen LogP contribution is -2.55. The molecule has 0 radical (unpaired) electrons. The number of aromatic nitrogens is 1. The molecule has 0 atom stereocenters. The Morgan fingerprint density at radius 3 is 1.51 bits per heavy atom. The fraction of sp³-hybridized carbons (Fsp3) is 0.250. The van der Waals surface area contributed by atoms with Crippen molar-refractivity contribution in [2.75, 3.05) is 0 Å². The molecule has 0 amide bonds. The van der Waals surface area contributed by atoms with E-state index in [1.807, 2.05) is 6.20 Å². The van der Waals surface area contributed by atoms with Gasteiger partial charge >= 0.3 is 0 Å². The van der Waals surface area contributed by atoms with E-state index >= 15 is 0 Å². The van der Waals surface area contributed by atoms with Crippen molar-refractivity contribution < 1.29 is 4.42 Å². The van der Waals surface area contributed by atoms with Crippen molar-refractivity contribution in [3.05, 3.63) is 117 Å². The number of aryl methyl sites for hydroxylation is 9. The lowest BCUT2D eigenvalue weighted by molar-refractivity contribution is 0.588. The minimum absolute atomic E-state index is 0.113. The average molecular weight is 512 g/mol. The normalized spacial score (nSPS) is 11.2. The quantitative estimate of drug-likeness (QED) is 0.232. The zero-order valence-electron chi connectivity index (χ0n) is 24.8. The van der Waals surface area contributed by atoms with E-state index in [4.69, 9.17) is 9.40 Å². The standard InChI is InChI=1S/C36H38BNO/c1-21-13-24(4)33(25(5)14-21)32-20-38-36(39-32)30-11-10-12-31(19-30)37(34-26(6)15-22(2)16-27(34)7)35-28(8)17-23(3)18-29(35)9/h10-20H,1-9H3. The van der Waals surface area contributed by atoms with Gasteiger partial charge in [-0.15, -0.1) is 0 Å². The summed E-state index contributed by atoms with van der Waals surface area (Å²) in [5.74, 6) is 1.47. The third-order valence-corrected chi connectivity index (χ3v) is 7.95. The summed E-state index contributed by atoms with van der Waals surface area (Å²) in [6.45, 7) is 19.9. The van der Waals surface area contributed by atoms with E-state index in [0.29, 0.717) is 5.89 Å². The molecular formula is C36H38BNO. The smallest absolute Gasteiger partial charge is 0.242 e. The molecule has 2 nitrogen and oxygen atoms in total. The summed E-state index contributed by atoms with van der Waals surface area (Å²) in [4.78, 5) is 4.74. The molecule has 0 unspecified atom stereocenters. The van der Waals surface area contributed by atoms with Gasteiger partial charge in [-0.1, -0.05) is 110 Å². The molecule has 5 aromatic rings. The Kier molecular flexibility index (Phi) is 7.12. The topological polar surface area (TPSA) is 26.0 Å². The molecule has 0 aliphatic heterocycles. The molecule has 0 fully saturated rings. The number of hydrogen-bond donors (Lipinski definition) is 0. The summed E-state index contributed by atoms with van der Waals surface area (Å²) < 4.78 is 6.42. The summed E-state index contributed by atoms with van der Waals surface area (Å²) in [7, 11) is 0. The fourth-order valence-electron chi connectivity index (χ4n) is 6.71. The molecule has 0 spiro atoms. The second-order valence-electron chi connectivity index (χ2n) is 11.5. The molecule has 0 N–H and O–H groups in total. The molecule has 4 aromatic carbocycles. The molecule has 0 bridgehead atoms. The summed E-state index contributed by atoms with van der Waals surface area (Å²) in [5.41, 5.74) is 17.7. The van der Waals surface area contributed by atoms with E-state index in [1.165, 1.54) is 66.5 Å². The molecule has 0 aliphatic rings. The van der Waals surface area contributed by atoms with Crippen LogP contribution in [0.15, 0.2) is 71.3 Å². The van der Waals surface area contributed by atoms with Crippen LogP contribution in [0, 0.1) is 62.3 Å². The second-order valence-corrected chi connectivity index (χ2v) is 11.5. The fourth-order valence-corrected chi connectivity index (χ4v) is 6.71. The van der Waals surface area contributed by atoms with Gasteiger partial charge in [0.25, 0.3) is 0 Å². The van der Waals surface area contributed by atoms with Crippen LogP contribution >= 0.6 is 0 Å². The Morgan fingerprint density at radius 2 is 1.03 bits per heavy atom. The first kappa shape index (κ1) is 26.7. The molecule has 0 saturated carbocycles. The molecule has 0 aliphatic carbocycles. The highest BCUT2D eigenvalue weighted by Crippen LogP contribution is 2.31. The van der Waals surface area contributed by atoms with Crippen LogP contribution in [0.3, 0.4) is 0 Å². The van der Waals surface area contributed by atoms with Crippen molar-refractivity contribution in [1.82, 2.24) is 4.98 Å². The molecule has 5 rings (SSSR count). The first-order chi connectivity index (χ1) is 18.5. The van der Waals surface area contributed by atoms with Crippen LogP contribution < -0.4 is 16.4 Å². The molecule has 196 valence electrons. The van der Waals surface area contributed by atoms with Crippen LogP contribution in [0.25, 0.3) is 22.8 Å². The SMILES string of the molecule is Cc1cc(C)c(B(c2cccc(-c3ncc(-c4c(C)cc(C)cc4C)o3)c2)c2c(C)cc(C)cc2C)c(C)c1. The highest BCUT2D eigenvalue weighted by Gasteiger charge is 2.29. The van der Waals surface area contributed by atoms with Crippen LogP contribution in [0.5, 0.6) is 0 Å². The average Bonchev–Trinajstić information content (AvgIpc) is 3.31. The third kappa shape index (κ3) is 5.11. The number of hydrogen-bond acceptors (Lipinski definition) is 2. The van der Waals surface area contributed by atoms with E-state index in [0.717, 1.165) is 16.9 Å². The van der Waals surface area contributed by atoms with Crippen LogP contribution in [0.2, 0.25) is 0 Å². The van der Waals surface area contributed by atoms with Gasteiger partial charge in [0, 0.05) is 11.1 Å². The Labute approximate surface area is 234 Å². The van der Waals surface area contributed by atoms with Crippen molar-refractivity contribution in [3.63, 3.8) is 0 Å². The van der Waals surface area contributed by atoms with Crippen LogP contribution in [-0.2, 0) is 0 Å². The van der Waals surface area contributed by atoms with Gasteiger partial charge in [0.05, 0.1) is 6.20 Å². The molecule has 3 heteroatoms. The third-order valence-electron chi connectivity index (χ3n) is 7.95. The summed E-state index contributed by atoms with van der Waals surface area (Å²) in [6, 6.07) is 22.4. The molecule has 1 aromatic heterocycles. The Morgan fingerprint density at radius 1 is 0.564 bits per heavy atom. The molecule has 39 heavy (non-hydrogen) atoms. The van der Waals surface area contributed by atoms with E-state index in [-0.39, 0.29) is 6.71 Å². The predicted octanol–water partition coefficient (Wildman–Crippen LogP) is 7.30. The van der Waals surface area contributed by atoms with Gasteiger partial charge in [-0.05, 0) is 79.5 Å². The first-order valence-electron chi connectivity index (χ1n) is 13.8. The van der Waals surface area contributed by atoms with Crippen molar-refractivity contribution in [2.24, 2.45) is 0 Å². The summed E-state index contributed by atoms with van der Waals surface area (Å²) in [6.07, 6.45) is 1.87. The van der Waals surface area contributed by atoms with Gasteiger partial charge in [0.1, 0.15) is 0 Å². The minimum Gasteiger partial charge on any atom is -0.436 e. The zero-order chi connectivity index (χ0) is 28.0. The minimum atomic E-state index is 0.113. The maximum atomic E-state index is 6.42. The summed E-state index contributed by atoms with van der Waals surface area (Å²) >= 11 is 0. The molecule has 0 saturated heterocycles. The maximum absolute atomic E-state index is 6.42. The van der Waals surface area contributed by atoms with E-state index in [1.54, 1.807) is 0 Å². The lowest BCUT2D eigenvalue weighted by Gasteiger charge is -2.24. The van der Waals surface area contributed by atoms with E-state index < -0.39 is 0 Å². The molecular weight excluding hydrogens is 473 g/mol. The van der Waals surface area contributed by atoms with E-state index in [9.17, 15) is 0 Å². The molecule has 1 heterocycles. The number of rotatable bonds is 5. The van der Waals surface area contributed by atoms with Gasteiger partial charge in [-0.25, -0.2) is 4.98 Å². The second kappa shape index (κ2) is 10.4. The highest BCUT2D eigenvalue weighted by molar-refractivity contribution is 6.96. The first-order valence-corrected chi connectivity index (χ1v) is 13.8. The van der Waals surface area contributed by atoms with Gasteiger partial charge in [-0.3, -0.25) is 0 Å². The maximum Gasteiger partial charge on any atom is 0.242 e. The number of oxazole rings is 1. The zero-order valence-corrected chi connectivity index (χ0v) is 24.8. The van der Waals surface area contributed by atoms with Crippen molar-refractivity contribution in [1.29, 1.82) is 0 Å². The predicted molar refractivity (Wildman–Crippen MR) is 168 cm³/mol. The van der Waals surface area contributed by atoms with Crippen LogP contribution in [0.1, 0.15) is 50.1 Å². The Hall–Kier alpha value is -3.85. The van der Waals surface area contributed by atoms with Gasteiger partial charge in [0.15, 0.2) is 5.76 Å². The lowest BCUT2D eigenvalue weighted by atomic mass is 9.34. The summed E-state index contributed by atoms with van der Waals surface area (Å²) in [5, 5.41) is 0. The van der Waals surface area contributed by atoms with Gasteiger partial charge in [-0.2, -0.15) is 0 Å². The van der Waals surface area contributed by atoms with Gasteiger partial charge < -0.3 is 4.42 Å². The number of benzene rings is 4. The van der Waals surface area contributed by atoms with Crippen LogP contribution in [-0.4, -0.2) is 11.7 Å². The number of nitrogens with zero attached hydrogens (tertiary/aromatic N) is 1.